The molecule has 0 saturated heterocycles. The van der Waals surface area contributed by atoms with E-state index in [9.17, 15) is 0 Å². The van der Waals surface area contributed by atoms with Crippen LogP contribution in [0.25, 0.3) is 0 Å². The first-order chi connectivity index (χ1) is 5.81. The van der Waals surface area contributed by atoms with E-state index in [4.69, 9.17) is 5.73 Å². The molecule has 2 aliphatic rings. The fourth-order valence-corrected chi connectivity index (χ4v) is 2.25. The van der Waals surface area contributed by atoms with Gasteiger partial charge in [0.25, 0.3) is 0 Å². The zero-order valence-electron chi connectivity index (χ0n) is 8.00. The van der Waals surface area contributed by atoms with Crippen LogP contribution in [0.5, 0.6) is 0 Å². The van der Waals surface area contributed by atoms with Gasteiger partial charge in [-0.05, 0) is 51.1 Å². The predicted octanol–water partition coefficient (Wildman–Crippen LogP) is 1.07. The van der Waals surface area contributed by atoms with Crippen LogP contribution in [0.2, 0.25) is 0 Å². The van der Waals surface area contributed by atoms with Crippen LogP contribution in [-0.4, -0.2) is 31.1 Å². The van der Waals surface area contributed by atoms with Crippen LogP contribution in [0.4, 0.5) is 0 Å². The summed E-state index contributed by atoms with van der Waals surface area (Å²) < 4.78 is 0. The van der Waals surface area contributed by atoms with E-state index in [0.717, 1.165) is 24.4 Å². The van der Waals surface area contributed by atoms with E-state index in [-0.39, 0.29) is 0 Å². The molecule has 2 saturated carbocycles. The molecule has 2 unspecified atom stereocenters. The van der Waals surface area contributed by atoms with Gasteiger partial charge >= 0.3 is 0 Å². The number of hydrogen-bond donors (Lipinski definition) is 1. The molecule has 2 aliphatic carbocycles. The van der Waals surface area contributed by atoms with E-state index >= 15 is 0 Å². The summed E-state index contributed by atoms with van der Waals surface area (Å²) >= 11 is 0. The lowest BCUT2D eigenvalue weighted by atomic mass is 9.78. The molecule has 0 amide bonds. The van der Waals surface area contributed by atoms with E-state index in [1.165, 1.54) is 32.2 Å². The maximum Gasteiger partial charge on any atom is 0.0133 e. The number of nitrogens with zero attached hydrogens (tertiary/aromatic N) is 1. The Morgan fingerprint density at radius 3 is 2.42 bits per heavy atom. The summed E-state index contributed by atoms with van der Waals surface area (Å²) in [4.78, 5) is 2.54. The maximum atomic E-state index is 5.68. The molecular formula is C10H20N2. The van der Waals surface area contributed by atoms with E-state index in [1.54, 1.807) is 0 Å². The van der Waals surface area contributed by atoms with Crippen molar-refractivity contribution in [3.8, 4) is 0 Å². The van der Waals surface area contributed by atoms with Crippen LogP contribution in [0.3, 0.4) is 0 Å². The molecule has 2 heteroatoms. The predicted molar refractivity (Wildman–Crippen MR) is 50.9 cm³/mol. The molecule has 0 aromatic rings. The van der Waals surface area contributed by atoms with Crippen LogP contribution in [0.15, 0.2) is 0 Å². The highest BCUT2D eigenvalue weighted by Gasteiger charge is 2.34. The summed E-state index contributed by atoms with van der Waals surface area (Å²) in [6, 6.07) is 0.815. The third kappa shape index (κ3) is 1.64. The first-order valence-electron chi connectivity index (χ1n) is 5.21. The van der Waals surface area contributed by atoms with Crippen molar-refractivity contribution in [3.05, 3.63) is 0 Å². The van der Waals surface area contributed by atoms with Gasteiger partial charge in [-0.25, -0.2) is 0 Å². The van der Waals surface area contributed by atoms with Crippen molar-refractivity contribution < 1.29 is 0 Å². The molecule has 2 fully saturated rings. The largest absolute Gasteiger partial charge is 0.330 e. The fourth-order valence-electron chi connectivity index (χ4n) is 2.25. The summed E-state index contributed by atoms with van der Waals surface area (Å²) in [6.07, 6.45) is 5.66. The molecule has 70 valence electrons. The minimum Gasteiger partial charge on any atom is -0.330 e. The Bertz CT molecular complexity index is 152. The van der Waals surface area contributed by atoms with Crippen molar-refractivity contribution in [3.63, 3.8) is 0 Å². The Morgan fingerprint density at radius 1 is 1.25 bits per heavy atom. The van der Waals surface area contributed by atoms with Crippen LogP contribution in [0, 0.1) is 11.8 Å². The van der Waals surface area contributed by atoms with Gasteiger partial charge in [-0.3, -0.25) is 0 Å². The van der Waals surface area contributed by atoms with Crippen molar-refractivity contribution in [2.45, 2.75) is 31.7 Å². The van der Waals surface area contributed by atoms with Gasteiger partial charge in [0.1, 0.15) is 0 Å². The molecule has 2 nitrogen and oxygen atoms in total. The Labute approximate surface area is 75.1 Å². The van der Waals surface area contributed by atoms with Crippen molar-refractivity contribution in [2.24, 2.45) is 17.6 Å². The van der Waals surface area contributed by atoms with E-state index in [2.05, 4.69) is 11.9 Å². The molecule has 0 aromatic carbocycles. The molecule has 0 radical (unpaired) electrons. The second-order valence-electron chi connectivity index (χ2n) is 4.52. The number of rotatable bonds is 4. The molecule has 0 heterocycles. The summed E-state index contributed by atoms with van der Waals surface area (Å²) in [6.45, 7) is 2.21. The SMILES string of the molecule is CN(CC1CC1)C1CCC1CN. The van der Waals surface area contributed by atoms with Gasteiger partial charge in [0.2, 0.25) is 0 Å². The lowest BCUT2D eigenvalue weighted by Crippen LogP contribution is -2.48. The average molecular weight is 168 g/mol. The molecule has 2 N–H and O–H groups in total. The van der Waals surface area contributed by atoms with Crippen molar-refractivity contribution >= 4 is 0 Å². The highest BCUT2D eigenvalue weighted by Crippen LogP contribution is 2.35. The summed E-state index contributed by atoms with van der Waals surface area (Å²) in [5.41, 5.74) is 5.68. The monoisotopic (exact) mass is 168 g/mol. The third-order valence-electron chi connectivity index (χ3n) is 3.49. The molecule has 0 bridgehead atoms. The van der Waals surface area contributed by atoms with E-state index in [1.807, 2.05) is 0 Å². The van der Waals surface area contributed by atoms with Crippen molar-refractivity contribution in [1.82, 2.24) is 4.90 Å². The van der Waals surface area contributed by atoms with Gasteiger partial charge in [-0.2, -0.15) is 0 Å². The van der Waals surface area contributed by atoms with Crippen LogP contribution < -0.4 is 5.73 Å². The zero-order valence-corrected chi connectivity index (χ0v) is 8.00. The lowest BCUT2D eigenvalue weighted by Gasteiger charge is -2.42. The first kappa shape index (κ1) is 8.52. The average Bonchev–Trinajstić information content (AvgIpc) is 2.69. The second kappa shape index (κ2) is 3.35. The Balaban J connectivity index is 1.74. The lowest BCUT2D eigenvalue weighted by molar-refractivity contribution is 0.0858. The second-order valence-corrected chi connectivity index (χ2v) is 4.52. The summed E-state index contributed by atoms with van der Waals surface area (Å²) in [7, 11) is 2.27. The van der Waals surface area contributed by atoms with Gasteiger partial charge in [0.15, 0.2) is 0 Å². The fraction of sp³-hybridized carbons (Fsp3) is 1.00. The normalized spacial score (nSPS) is 35.2. The number of hydrogen-bond acceptors (Lipinski definition) is 2. The standard InChI is InChI=1S/C10H20N2/c1-12(7-8-2-3-8)10-5-4-9(10)6-11/h8-10H,2-7,11H2,1H3. The Kier molecular flexibility index (Phi) is 2.37. The van der Waals surface area contributed by atoms with Crippen molar-refractivity contribution in [2.75, 3.05) is 20.1 Å². The van der Waals surface area contributed by atoms with Crippen LogP contribution in [0.1, 0.15) is 25.7 Å². The van der Waals surface area contributed by atoms with E-state index < -0.39 is 0 Å². The van der Waals surface area contributed by atoms with Crippen LogP contribution >= 0.6 is 0 Å². The quantitative estimate of drug-likeness (QED) is 0.680. The van der Waals surface area contributed by atoms with E-state index in [0.29, 0.717) is 0 Å². The zero-order chi connectivity index (χ0) is 8.55. The van der Waals surface area contributed by atoms with Gasteiger partial charge in [-0.1, -0.05) is 0 Å². The topological polar surface area (TPSA) is 29.3 Å². The summed E-state index contributed by atoms with van der Waals surface area (Å²) in [5, 5.41) is 0. The first-order valence-corrected chi connectivity index (χ1v) is 5.21. The van der Waals surface area contributed by atoms with Gasteiger partial charge in [-0.15, -0.1) is 0 Å². The Hall–Kier alpha value is -0.0800. The van der Waals surface area contributed by atoms with Crippen LogP contribution in [-0.2, 0) is 0 Å². The molecule has 0 aromatic heterocycles. The molecule has 2 atom stereocenters. The smallest absolute Gasteiger partial charge is 0.0133 e. The summed E-state index contributed by atoms with van der Waals surface area (Å²) in [5.74, 6) is 1.82. The Morgan fingerprint density at radius 2 is 2.00 bits per heavy atom. The van der Waals surface area contributed by atoms with Gasteiger partial charge in [0, 0.05) is 12.6 Å². The highest BCUT2D eigenvalue weighted by atomic mass is 15.1. The van der Waals surface area contributed by atoms with Crippen molar-refractivity contribution in [1.29, 1.82) is 0 Å². The minimum atomic E-state index is 0.800. The maximum absolute atomic E-state index is 5.68. The number of nitrogens with two attached hydrogens (primary N) is 1. The highest BCUT2D eigenvalue weighted by molar-refractivity contribution is 4.90. The third-order valence-corrected chi connectivity index (χ3v) is 3.49. The molecule has 0 aliphatic heterocycles. The van der Waals surface area contributed by atoms with Gasteiger partial charge in [0.05, 0.1) is 0 Å². The molecular weight excluding hydrogens is 148 g/mol. The molecule has 2 rings (SSSR count). The molecule has 12 heavy (non-hydrogen) atoms. The molecule has 0 spiro atoms. The minimum absolute atomic E-state index is 0.800. The van der Waals surface area contributed by atoms with Gasteiger partial charge < -0.3 is 10.6 Å².